The third-order valence-corrected chi connectivity index (χ3v) is 8.21. The topological polar surface area (TPSA) is 127 Å². The van der Waals surface area contributed by atoms with Crippen LogP contribution in [0.5, 0.6) is 0 Å². The zero-order valence-corrected chi connectivity index (χ0v) is 19.0. The zero-order valence-electron chi connectivity index (χ0n) is 18.2. The lowest BCUT2D eigenvalue weighted by atomic mass is 9.97. The number of nitrogens with zero attached hydrogens (tertiary/aromatic N) is 3. The third kappa shape index (κ3) is 4.58. The second-order valence-electron chi connectivity index (χ2n) is 8.33. The number of amides is 1. The Bertz CT molecular complexity index is 1270. The summed E-state index contributed by atoms with van der Waals surface area (Å²) in [7, 11) is -4.19. The van der Waals surface area contributed by atoms with Gasteiger partial charge in [-0.1, -0.05) is 12.1 Å². The monoisotopic (exact) mass is 479 g/mol. The van der Waals surface area contributed by atoms with E-state index >= 15 is 0 Å². The predicted molar refractivity (Wildman–Crippen MR) is 119 cm³/mol. The van der Waals surface area contributed by atoms with Crippen LogP contribution in [0.1, 0.15) is 18.5 Å². The standard InChI is InChI=1S/C21H26FN5O5S/c1-14-18(19(28)24-21(30)23-14)33(31,32)27-8-4-5-15(13-27)20(29)26-11-9-25(10-12-26)17-7-3-2-6-16(17)22/h2-3,6-7,15H,4-5,8-13H2,1H3,(H2,23,24,28,30)/t15-/m1/s1. The van der Waals surface area contributed by atoms with Gasteiger partial charge in [0.15, 0.2) is 4.90 Å². The Morgan fingerprint density at radius 1 is 1.06 bits per heavy atom. The lowest BCUT2D eigenvalue weighted by molar-refractivity contribution is -0.137. The van der Waals surface area contributed by atoms with Crippen LogP contribution in [0.3, 0.4) is 0 Å². The number of para-hydroxylation sites is 1. The maximum atomic E-state index is 14.1. The van der Waals surface area contributed by atoms with Gasteiger partial charge in [-0.3, -0.25) is 14.6 Å². The summed E-state index contributed by atoms with van der Waals surface area (Å²) in [4.78, 5) is 44.1. The van der Waals surface area contributed by atoms with Crippen molar-refractivity contribution in [1.29, 1.82) is 0 Å². The highest BCUT2D eigenvalue weighted by molar-refractivity contribution is 7.89. The molecule has 1 aromatic carbocycles. The van der Waals surface area contributed by atoms with E-state index in [2.05, 4.69) is 4.98 Å². The molecule has 0 saturated carbocycles. The molecule has 33 heavy (non-hydrogen) atoms. The van der Waals surface area contributed by atoms with Crippen LogP contribution in [0.2, 0.25) is 0 Å². The van der Waals surface area contributed by atoms with Gasteiger partial charge < -0.3 is 14.8 Å². The number of halogens is 1. The smallest absolute Gasteiger partial charge is 0.325 e. The van der Waals surface area contributed by atoms with Crippen molar-refractivity contribution in [1.82, 2.24) is 19.2 Å². The van der Waals surface area contributed by atoms with Gasteiger partial charge in [0.25, 0.3) is 5.56 Å². The fraction of sp³-hybridized carbons (Fsp3) is 0.476. The molecule has 0 aliphatic carbocycles. The van der Waals surface area contributed by atoms with Crippen LogP contribution in [-0.2, 0) is 14.8 Å². The molecule has 1 atom stereocenters. The van der Waals surface area contributed by atoms with Crippen molar-refractivity contribution in [2.45, 2.75) is 24.7 Å². The summed E-state index contributed by atoms with van der Waals surface area (Å²) in [6.45, 7) is 3.29. The van der Waals surface area contributed by atoms with E-state index in [0.717, 1.165) is 4.31 Å². The van der Waals surface area contributed by atoms with E-state index in [4.69, 9.17) is 0 Å². The zero-order chi connectivity index (χ0) is 23.8. The molecule has 0 unspecified atom stereocenters. The molecule has 2 aromatic rings. The van der Waals surface area contributed by atoms with Gasteiger partial charge in [0.05, 0.1) is 11.6 Å². The SMILES string of the molecule is Cc1[nH]c(=O)[nH]c(=O)c1S(=O)(=O)N1CCC[C@@H](C(=O)N2CCN(c3ccccc3F)CC2)C1. The highest BCUT2D eigenvalue weighted by Crippen LogP contribution is 2.26. The minimum Gasteiger partial charge on any atom is -0.366 e. The van der Waals surface area contributed by atoms with Crippen molar-refractivity contribution < 1.29 is 17.6 Å². The van der Waals surface area contributed by atoms with Crippen molar-refractivity contribution in [3.63, 3.8) is 0 Å². The van der Waals surface area contributed by atoms with Crippen LogP contribution >= 0.6 is 0 Å². The fourth-order valence-corrected chi connectivity index (χ4v) is 6.25. The van der Waals surface area contributed by atoms with E-state index in [1.165, 1.54) is 13.0 Å². The molecule has 1 aromatic heterocycles. The van der Waals surface area contributed by atoms with E-state index in [-0.39, 0.29) is 30.5 Å². The Morgan fingerprint density at radius 2 is 1.76 bits per heavy atom. The molecule has 4 rings (SSSR count). The molecule has 2 fully saturated rings. The molecule has 3 heterocycles. The molecule has 2 aliphatic heterocycles. The summed E-state index contributed by atoms with van der Waals surface area (Å²) in [5.74, 6) is -0.983. The van der Waals surface area contributed by atoms with Crippen LogP contribution in [-0.4, -0.2) is 72.8 Å². The number of H-pyrrole nitrogens is 2. The van der Waals surface area contributed by atoms with Gasteiger partial charge in [0.1, 0.15) is 5.82 Å². The first-order valence-electron chi connectivity index (χ1n) is 10.8. The van der Waals surface area contributed by atoms with Crippen LogP contribution in [0.15, 0.2) is 38.8 Å². The van der Waals surface area contributed by atoms with Crippen molar-refractivity contribution in [3.05, 3.63) is 56.6 Å². The van der Waals surface area contributed by atoms with Gasteiger partial charge in [0.2, 0.25) is 15.9 Å². The molecule has 1 amide bonds. The lowest BCUT2D eigenvalue weighted by Crippen LogP contribution is -2.53. The van der Waals surface area contributed by atoms with E-state index in [1.54, 1.807) is 23.1 Å². The Morgan fingerprint density at radius 3 is 2.42 bits per heavy atom. The molecule has 178 valence electrons. The van der Waals surface area contributed by atoms with E-state index in [9.17, 15) is 27.2 Å². The number of carbonyl (C=O) groups is 1. The molecule has 10 nitrogen and oxygen atoms in total. The van der Waals surface area contributed by atoms with Crippen LogP contribution in [0, 0.1) is 18.7 Å². The molecule has 12 heteroatoms. The second kappa shape index (κ2) is 9.10. The minimum absolute atomic E-state index is 0.0350. The Hall–Kier alpha value is -2.99. The largest absolute Gasteiger partial charge is 0.366 e. The number of carbonyl (C=O) groups excluding carboxylic acids is 1. The molecular formula is C21H26FN5O5S. The first-order chi connectivity index (χ1) is 15.7. The molecule has 0 radical (unpaired) electrons. The highest BCUT2D eigenvalue weighted by atomic mass is 32.2. The molecule has 2 saturated heterocycles. The summed E-state index contributed by atoms with van der Waals surface area (Å²) in [6, 6.07) is 6.50. The number of aromatic amines is 2. The minimum atomic E-state index is -4.19. The molecule has 0 bridgehead atoms. The number of piperazine rings is 1. The maximum absolute atomic E-state index is 14.1. The summed E-state index contributed by atoms with van der Waals surface area (Å²) in [6.07, 6.45) is 1.02. The van der Waals surface area contributed by atoms with Crippen molar-refractivity contribution >= 4 is 21.6 Å². The van der Waals surface area contributed by atoms with Crippen molar-refractivity contribution in [2.75, 3.05) is 44.2 Å². The number of rotatable bonds is 4. The summed E-state index contributed by atoms with van der Waals surface area (Å²) in [5, 5.41) is 0. The Labute approximate surface area is 190 Å². The summed E-state index contributed by atoms with van der Waals surface area (Å²) >= 11 is 0. The van der Waals surface area contributed by atoms with Crippen LogP contribution in [0.25, 0.3) is 0 Å². The van der Waals surface area contributed by atoms with Gasteiger partial charge in [-0.25, -0.2) is 17.6 Å². The molecular weight excluding hydrogens is 453 g/mol. The summed E-state index contributed by atoms with van der Waals surface area (Å²) in [5.41, 5.74) is -1.30. The highest BCUT2D eigenvalue weighted by Gasteiger charge is 2.37. The van der Waals surface area contributed by atoms with Gasteiger partial charge in [-0.05, 0) is 31.9 Å². The van der Waals surface area contributed by atoms with Crippen LogP contribution in [0.4, 0.5) is 10.1 Å². The predicted octanol–water partition coefficient (Wildman–Crippen LogP) is 0.260. The van der Waals surface area contributed by atoms with Gasteiger partial charge >= 0.3 is 5.69 Å². The van der Waals surface area contributed by atoms with Crippen LogP contribution < -0.4 is 16.1 Å². The van der Waals surface area contributed by atoms with E-state index in [0.29, 0.717) is 44.7 Å². The quantitative estimate of drug-likeness (QED) is 0.648. The summed E-state index contributed by atoms with van der Waals surface area (Å²) < 4.78 is 41.5. The number of piperidine rings is 1. The number of aryl methyl sites for hydroxylation is 1. The molecule has 0 spiro atoms. The van der Waals surface area contributed by atoms with Gasteiger partial charge in [0, 0.05) is 45.0 Å². The maximum Gasteiger partial charge on any atom is 0.325 e. The van der Waals surface area contributed by atoms with Crippen molar-refractivity contribution in [2.24, 2.45) is 5.92 Å². The Balaban J connectivity index is 1.45. The first kappa shape index (κ1) is 23.2. The van der Waals surface area contributed by atoms with Crippen molar-refractivity contribution in [3.8, 4) is 0 Å². The number of hydrogen-bond donors (Lipinski definition) is 2. The lowest BCUT2D eigenvalue weighted by Gasteiger charge is -2.39. The average Bonchev–Trinajstić information content (AvgIpc) is 2.78. The number of nitrogens with one attached hydrogen (secondary N) is 2. The second-order valence-corrected chi connectivity index (χ2v) is 10.2. The van der Waals surface area contributed by atoms with E-state index < -0.39 is 32.1 Å². The molecule has 2 aliphatic rings. The van der Waals surface area contributed by atoms with E-state index in [1.807, 2.05) is 9.88 Å². The van der Waals surface area contributed by atoms with Gasteiger partial charge in [-0.2, -0.15) is 4.31 Å². The number of hydrogen-bond acceptors (Lipinski definition) is 6. The van der Waals surface area contributed by atoms with Gasteiger partial charge in [-0.15, -0.1) is 0 Å². The Kier molecular flexibility index (Phi) is 6.39. The fourth-order valence-electron chi connectivity index (χ4n) is 4.52. The number of sulfonamides is 1. The average molecular weight is 480 g/mol. The first-order valence-corrected chi connectivity index (χ1v) is 12.2. The third-order valence-electron chi connectivity index (χ3n) is 6.19. The number of aromatic nitrogens is 2. The normalized spacial score (nSPS) is 20.1. The number of anilines is 1. The molecule has 2 N–H and O–H groups in total. The number of benzene rings is 1.